The fraction of sp³-hybridized carbons (Fsp3) is 0.143. The standard InChI is InChI=1S/C14H13N3OS/c1-15-14-17-12(8-18)13(19-14)10-2-3-11-7-16-5-4-9(11)6-10/h2-7,18H,8H2,1H3,(H,15,17). The lowest BCUT2D eigenvalue weighted by atomic mass is 10.1. The number of fused-ring (bicyclic) bond motifs is 1. The minimum atomic E-state index is -0.0537. The van der Waals surface area contributed by atoms with Crippen molar-refractivity contribution in [1.82, 2.24) is 9.97 Å². The van der Waals surface area contributed by atoms with Gasteiger partial charge in [-0.05, 0) is 23.1 Å². The summed E-state index contributed by atoms with van der Waals surface area (Å²) in [6.07, 6.45) is 3.63. The van der Waals surface area contributed by atoms with Crippen LogP contribution in [0.4, 0.5) is 5.13 Å². The quantitative estimate of drug-likeness (QED) is 0.769. The van der Waals surface area contributed by atoms with Gasteiger partial charge in [-0.3, -0.25) is 4.98 Å². The molecule has 0 aliphatic rings. The number of thiazole rings is 1. The molecule has 0 saturated carbocycles. The lowest BCUT2D eigenvalue weighted by molar-refractivity contribution is 0.278. The lowest BCUT2D eigenvalue weighted by Crippen LogP contribution is -1.89. The van der Waals surface area contributed by atoms with Crippen LogP contribution in [0.25, 0.3) is 21.2 Å². The van der Waals surface area contributed by atoms with Crippen molar-refractivity contribution in [1.29, 1.82) is 0 Å². The van der Waals surface area contributed by atoms with E-state index in [2.05, 4.69) is 21.4 Å². The number of aromatic nitrogens is 2. The van der Waals surface area contributed by atoms with E-state index in [9.17, 15) is 5.11 Å². The highest BCUT2D eigenvalue weighted by atomic mass is 32.1. The van der Waals surface area contributed by atoms with Gasteiger partial charge in [-0.15, -0.1) is 0 Å². The van der Waals surface area contributed by atoms with Crippen molar-refractivity contribution in [3.05, 3.63) is 42.4 Å². The summed E-state index contributed by atoms with van der Waals surface area (Å²) in [5, 5.41) is 15.5. The first-order valence-electron chi connectivity index (χ1n) is 5.94. The van der Waals surface area contributed by atoms with E-state index in [1.807, 2.05) is 31.4 Å². The Morgan fingerprint density at radius 2 is 2.16 bits per heavy atom. The number of benzene rings is 1. The van der Waals surface area contributed by atoms with Crippen LogP contribution in [0.3, 0.4) is 0 Å². The number of rotatable bonds is 3. The first-order chi connectivity index (χ1) is 9.31. The number of aliphatic hydroxyl groups is 1. The molecule has 0 saturated heterocycles. The topological polar surface area (TPSA) is 58.0 Å². The Bertz CT molecular complexity index is 724. The van der Waals surface area contributed by atoms with E-state index in [0.29, 0.717) is 5.69 Å². The molecule has 0 fully saturated rings. The first kappa shape index (κ1) is 12.1. The van der Waals surface area contributed by atoms with Crippen LogP contribution in [-0.4, -0.2) is 22.1 Å². The third-order valence-corrected chi connectivity index (χ3v) is 4.13. The molecule has 0 aliphatic carbocycles. The van der Waals surface area contributed by atoms with Crippen LogP contribution in [-0.2, 0) is 6.61 Å². The molecule has 2 aromatic heterocycles. The van der Waals surface area contributed by atoms with E-state index in [1.54, 1.807) is 17.5 Å². The van der Waals surface area contributed by atoms with E-state index >= 15 is 0 Å². The molecule has 2 N–H and O–H groups in total. The predicted molar refractivity (Wildman–Crippen MR) is 78.3 cm³/mol. The Labute approximate surface area is 114 Å². The molecule has 19 heavy (non-hydrogen) atoms. The van der Waals surface area contributed by atoms with Crippen LogP contribution >= 0.6 is 11.3 Å². The molecule has 3 aromatic rings. The van der Waals surface area contributed by atoms with Crippen LogP contribution < -0.4 is 5.32 Å². The summed E-state index contributed by atoms with van der Waals surface area (Å²) in [6, 6.07) is 8.16. The Balaban J connectivity index is 2.15. The van der Waals surface area contributed by atoms with E-state index in [4.69, 9.17) is 0 Å². The summed E-state index contributed by atoms with van der Waals surface area (Å²) in [4.78, 5) is 9.46. The van der Waals surface area contributed by atoms with Gasteiger partial charge in [0.15, 0.2) is 5.13 Å². The van der Waals surface area contributed by atoms with Crippen molar-refractivity contribution >= 4 is 27.2 Å². The highest BCUT2D eigenvalue weighted by molar-refractivity contribution is 7.19. The summed E-state index contributed by atoms with van der Waals surface area (Å²) in [5.41, 5.74) is 1.78. The van der Waals surface area contributed by atoms with Crippen LogP contribution in [0, 0.1) is 0 Å². The molecule has 0 radical (unpaired) electrons. The number of hydrogen-bond acceptors (Lipinski definition) is 5. The molecule has 0 amide bonds. The van der Waals surface area contributed by atoms with Crippen LogP contribution in [0.1, 0.15) is 5.69 Å². The molecule has 0 aliphatic heterocycles. The Morgan fingerprint density at radius 1 is 1.26 bits per heavy atom. The van der Waals surface area contributed by atoms with Gasteiger partial charge in [0, 0.05) is 24.8 Å². The smallest absolute Gasteiger partial charge is 0.183 e. The third-order valence-electron chi connectivity index (χ3n) is 2.96. The Hall–Kier alpha value is -1.98. The van der Waals surface area contributed by atoms with Gasteiger partial charge < -0.3 is 10.4 Å². The van der Waals surface area contributed by atoms with Gasteiger partial charge >= 0.3 is 0 Å². The fourth-order valence-electron chi connectivity index (χ4n) is 2.02. The molecule has 0 unspecified atom stereocenters. The van der Waals surface area contributed by atoms with Gasteiger partial charge in [0.1, 0.15) is 0 Å². The van der Waals surface area contributed by atoms with Crippen molar-refractivity contribution in [2.75, 3.05) is 12.4 Å². The number of hydrogen-bond donors (Lipinski definition) is 2. The zero-order valence-electron chi connectivity index (χ0n) is 10.4. The van der Waals surface area contributed by atoms with E-state index < -0.39 is 0 Å². The summed E-state index contributed by atoms with van der Waals surface area (Å²) in [5.74, 6) is 0. The lowest BCUT2D eigenvalue weighted by Gasteiger charge is -2.02. The maximum Gasteiger partial charge on any atom is 0.183 e. The van der Waals surface area contributed by atoms with Crippen molar-refractivity contribution < 1.29 is 5.11 Å². The van der Waals surface area contributed by atoms with Crippen LogP contribution in [0.2, 0.25) is 0 Å². The van der Waals surface area contributed by atoms with Gasteiger partial charge in [0.05, 0.1) is 17.2 Å². The zero-order chi connectivity index (χ0) is 13.2. The summed E-state index contributed by atoms with van der Waals surface area (Å²) < 4.78 is 0. The number of pyridine rings is 1. The minimum absolute atomic E-state index is 0.0537. The molecule has 0 bridgehead atoms. The fourth-order valence-corrected chi connectivity index (χ4v) is 2.94. The molecule has 1 aromatic carbocycles. The van der Waals surface area contributed by atoms with Crippen molar-refractivity contribution in [2.24, 2.45) is 0 Å². The average Bonchev–Trinajstić information content (AvgIpc) is 2.90. The molecular formula is C14H13N3OS. The number of nitrogens with zero attached hydrogens (tertiary/aromatic N) is 2. The zero-order valence-corrected chi connectivity index (χ0v) is 11.2. The minimum Gasteiger partial charge on any atom is -0.390 e. The van der Waals surface area contributed by atoms with Gasteiger partial charge in [-0.2, -0.15) is 0 Å². The van der Waals surface area contributed by atoms with Gasteiger partial charge in [-0.1, -0.05) is 23.5 Å². The monoisotopic (exact) mass is 271 g/mol. The number of nitrogens with one attached hydrogen (secondary N) is 1. The second-order valence-corrected chi connectivity index (χ2v) is 5.14. The highest BCUT2D eigenvalue weighted by Crippen LogP contribution is 2.34. The van der Waals surface area contributed by atoms with E-state index in [1.165, 1.54) is 0 Å². The second kappa shape index (κ2) is 4.95. The average molecular weight is 271 g/mol. The largest absolute Gasteiger partial charge is 0.390 e. The van der Waals surface area contributed by atoms with E-state index in [0.717, 1.165) is 26.3 Å². The highest BCUT2D eigenvalue weighted by Gasteiger charge is 2.12. The normalized spacial score (nSPS) is 10.8. The SMILES string of the molecule is CNc1nc(CO)c(-c2ccc3cnccc3c2)s1. The molecule has 0 spiro atoms. The van der Waals surface area contributed by atoms with Crippen molar-refractivity contribution in [3.8, 4) is 10.4 Å². The maximum absolute atomic E-state index is 9.41. The second-order valence-electron chi connectivity index (χ2n) is 4.14. The van der Waals surface area contributed by atoms with Gasteiger partial charge in [-0.25, -0.2) is 4.98 Å². The van der Waals surface area contributed by atoms with Gasteiger partial charge in [0.2, 0.25) is 0 Å². The number of aliphatic hydroxyl groups excluding tert-OH is 1. The summed E-state index contributed by atoms with van der Waals surface area (Å²) in [6.45, 7) is -0.0537. The van der Waals surface area contributed by atoms with Crippen molar-refractivity contribution in [2.45, 2.75) is 6.61 Å². The van der Waals surface area contributed by atoms with Crippen LogP contribution in [0.5, 0.6) is 0 Å². The van der Waals surface area contributed by atoms with E-state index in [-0.39, 0.29) is 6.61 Å². The Kier molecular flexibility index (Phi) is 3.15. The molecule has 3 rings (SSSR count). The number of anilines is 1. The predicted octanol–water partition coefficient (Wildman–Crippen LogP) is 2.89. The van der Waals surface area contributed by atoms with Gasteiger partial charge in [0.25, 0.3) is 0 Å². The Morgan fingerprint density at radius 3 is 2.95 bits per heavy atom. The summed E-state index contributed by atoms with van der Waals surface area (Å²) in [7, 11) is 1.83. The van der Waals surface area contributed by atoms with Crippen LogP contribution in [0.15, 0.2) is 36.7 Å². The molecule has 0 atom stereocenters. The molecular weight excluding hydrogens is 258 g/mol. The molecule has 5 heteroatoms. The molecule has 96 valence electrons. The first-order valence-corrected chi connectivity index (χ1v) is 6.76. The third kappa shape index (κ3) is 2.18. The maximum atomic E-state index is 9.41. The molecule has 4 nitrogen and oxygen atoms in total. The van der Waals surface area contributed by atoms with Crippen molar-refractivity contribution in [3.63, 3.8) is 0 Å². The molecule has 2 heterocycles. The summed E-state index contributed by atoms with van der Waals surface area (Å²) >= 11 is 1.55.